The van der Waals surface area contributed by atoms with Gasteiger partial charge in [-0.25, -0.2) is 0 Å². The molecule has 208 valence electrons. The number of hydrogen-bond acceptors (Lipinski definition) is 8. The molecule has 1 aliphatic rings. The lowest BCUT2D eigenvalue weighted by molar-refractivity contribution is -0.296. The van der Waals surface area contributed by atoms with Crippen molar-refractivity contribution in [2.75, 3.05) is 13.2 Å². The Morgan fingerprint density at radius 2 is 1.48 bits per heavy atom. The second-order valence-corrected chi connectivity index (χ2v) is 17.0. The number of ether oxygens (including phenoxy) is 2. The zero-order chi connectivity index (χ0) is 28.2. The molecule has 1 fully saturated rings. The van der Waals surface area contributed by atoms with Crippen molar-refractivity contribution in [2.24, 2.45) is 5.41 Å². The summed E-state index contributed by atoms with van der Waals surface area (Å²) in [5.74, 6) is -0.325. The topological polar surface area (TPSA) is 44.2 Å². The quantitative estimate of drug-likeness (QED) is 0.201. The summed E-state index contributed by atoms with van der Waals surface area (Å²) in [5, 5.41) is 3.93. The van der Waals surface area contributed by atoms with Gasteiger partial charge in [-0.15, -0.1) is 34.0 Å². The van der Waals surface area contributed by atoms with Crippen molar-refractivity contribution < 1.29 is 9.47 Å². The van der Waals surface area contributed by atoms with E-state index in [1.807, 2.05) is 34.0 Å². The van der Waals surface area contributed by atoms with Gasteiger partial charge in [0.25, 0.3) is 0 Å². The highest BCUT2D eigenvalue weighted by Gasteiger charge is 2.40. The first-order valence-corrected chi connectivity index (χ1v) is 17.0. The summed E-state index contributed by atoms with van der Waals surface area (Å²) in [6, 6.07) is 11.6. The van der Waals surface area contributed by atoms with Gasteiger partial charge in [0.2, 0.25) is 5.79 Å². The monoisotopic (exact) mass is 606 g/mol. The van der Waals surface area contributed by atoms with Crippen LogP contribution >= 0.6 is 45.7 Å². The molecular weight excluding hydrogens is 573 g/mol. The van der Waals surface area contributed by atoms with Crippen molar-refractivity contribution >= 4 is 87.0 Å². The maximum atomic E-state index is 6.40. The van der Waals surface area contributed by atoms with Crippen LogP contribution < -0.4 is 0 Å². The van der Waals surface area contributed by atoms with E-state index in [-0.39, 0.29) is 10.8 Å². The fourth-order valence-electron chi connectivity index (χ4n) is 5.45. The van der Waals surface area contributed by atoms with E-state index < -0.39 is 5.79 Å². The Bertz CT molecular complexity index is 1920. The van der Waals surface area contributed by atoms with Crippen molar-refractivity contribution in [1.29, 1.82) is 0 Å². The molecule has 8 heteroatoms. The predicted octanol–water partition coefficient (Wildman–Crippen LogP) is 10.7. The zero-order valence-corrected chi connectivity index (χ0v) is 27.5. The Morgan fingerprint density at radius 1 is 0.800 bits per heavy atom. The van der Waals surface area contributed by atoms with E-state index in [9.17, 15) is 0 Å². The molecule has 0 N–H and O–H groups in total. The molecule has 7 rings (SSSR count). The molecule has 0 bridgehead atoms. The average molecular weight is 607 g/mol. The van der Waals surface area contributed by atoms with Crippen LogP contribution in [0.2, 0.25) is 0 Å². The molecule has 0 atom stereocenters. The summed E-state index contributed by atoms with van der Waals surface area (Å²) in [7, 11) is 0. The third kappa shape index (κ3) is 4.17. The second-order valence-electron chi connectivity index (χ2n) is 13.3. The first-order valence-electron chi connectivity index (χ1n) is 13.8. The Morgan fingerprint density at radius 3 is 2.17 bits per heavy atom. The number of benzene rings is 2. The molecule has 4 aromatic heterocycles. The van der Waals surface area contributed by atoms with Gasteiger partial charge in [-0.1, -0.05) is 60.6 Å². The third-order valence-electron chi connectivity index (χ3n) is 7.93. The highest BCUT2D eigenvalue weighted by atomic mass is 32.1. The summed E-state index contributed by atoms with van der Waals surface area (Å²) in [4.78, 5) is 3.79. The average Bonchev–Trinajstić information content (AvgIpc) is 3.67. The summed E-state index contributed by atoms with van der Waals surface area (Å²) >= 11 is 6.96. The van der Waals surface area contributed by atoms with Crippen molar-refractivity contribution in [2.45, 2.75) is 72.5 Å². The molecular formula is C32H34N2O2S4. The Hall–Kier alpha value is -1.94. The van der Waals surface area contributed by atoms with Gasteiger partial charge in [0.15, 0.2) is 0 Å². The lowest BCUT2D eigenvalue weighted by atomic mass is 9.94. The lowest BCUT2D eigenvalue weighted by Gasteiger charge is -2.40. The lowest BCUT2D eigenvalue weighted by Crippen LogP contribution is -2.43. The number of rotatable bonds is 3. The smallest absolute Gasteiger partial charge is 0.201 e. The van der Waals surface area contributed by atoms with Crippen molar-refractivity contribution in [3.63, 3.8) is 0 Å². The van der Waals surface area contributed by atoms with Crippen LogP contribution in [-0.2, 0) is 20.7 Å². The van der Waals surface area contributed by atoms with Gasteiger partial charge in [0.1, 0.15) is 11.0 Å². The summed E-state index contributed by atoms with van der Waals surface area (Å²) in [6.45, 7) is 19.2. The molecule has 0 radical (unpaired) electrons. The van der Waals surface area contributed by atoms with Crippen LogP contribution in [0.5, 0.6) is 0 Å². The fourth-order valence-corrected chi connectivity index (χ4v) is 9.92. The Balaban J connectivity index is 1.49. The van der Waals surface area contributed by atoms with Gasteiger partial charge in [-0.2, -0.15) is 8.75 Å². The summed E-state index contributed by atoms with van der Waals surface area (Å²) in [5.41, 5.74) is 4.60. The molecule has 5 heterocycles. The molecule has 0 amide bonds. The predicted molar refractivity (Wildman–Crippen MR) is 175 cm³/mol. The van der Waals surface area contributed by atoms with Gasteiger partial charge < -0.3 is 9.47 Å². The van der Waals surface area contributed by atoms with E-state index in [0.717, 1.165) is 15.9 Å². The molecule has 2 aromatic carbocycles. The maximum absolute atomic E-state index is 6.40. The van der Waals surface area contributed by atoms with Gasteiger partial charge in [-0.3, -0.25) is 0 Å². The Kier molecular flexibility index (Phi) is 6.08. The highest BCUT2D eigenvalue weighted by Crippen LogP contribution is 2.52. The van der Waals surface area contributed by atoms with E-state index in [1.165, 1.54) is 62.9 Å². The number of fused-ring (bicyclic) bond motifs is 7. The first-order chi connectivity index (χ1) is 18.8. The molecule has 1 saturated heterocycles. The van der Waals surface area contributed by atoms with E-state index in [1.54, 1.807) is 0 Å². The molecule has 6 aromatic rings. The maximum Gasteiger partial charge on any atom is 0.201 e. The molecule has 0 unspecified atom stereocenters. The zero-order valence-electron chi connectivity index (χ0n) is 24.2. The van der Waals surface area contributed by atoms with Crippen LogP contribution in [0.4, 0.5) is 0 Å². The van der Waals surface area contributed by atoms with Crippen LogP contribution in [0, 0.1) is 5.41 Å². The third-order valence-corrected chi connectivity index (χ3v) is 12.7. The summed E-state index contributed by atoms with van der Waals surface area (Å²) < 4.78 is 26.3. The largest absolute Gasteiger partial charge is 0.345 e. The van der Waals surface area contributed by atoms with Crippen LogP contribution in [0.3, 0.4) is 0 Å². The molecule has 0 spiro atoms. The number of thiophene rings is 3. The van der Waals surface area contributed by atoms with Crippen LogP contribution in [0.1, 0.15) is 76.6 Å². The van der Waals surface area contributed by atoms with Gasteiger partial charge in [-0.05, 0) is 42.0 Å². The van der Waals surface area contributed by atoms with Crippen molar-refractivity contribution in [3.05, 3.63) is 45.6 Å². The standard InChI is InChI=1S/C32H34N2O2S4/c1-16(2)17-9-10-18(26-25(17)33-40-34-26)22-11-19-20-12-24(32(8)35-14-31(6,7)15-36-32)39-27(20)21-13-23(30(3,4)5)38-29(21)28(19)37-22/h9-13,16H,14-15H2,1-8H3. The molecule has 0 aliphatic carbocycles. The molecule has 40 heavy (non-hydrogen) atoms. The SMILES string of the molecule is CC(C)c1ccc(-c2cc3c4cc(C5(C)OCC(C)(C)CO5)sc4c4cc(C(C)(C)C)sc4c3s2)c2nsnc12. The fraction of sp³-hybridized carbons (Fsp3) is 0.438. The second kappa shape index (κ2) is 9.03. The molecule has 4 nitrogen and oxygen atoms in total. The van der Waals surface area contributed by atoms with Crippen molar-refractivity contribution in [3.8, 4) is 10.4 Å². The highest BCUT2D eigenvalue weighted by molar-refractivity contribution is 7.30. The number of aromatic nitrogens is 2. The summed E-state index contributed by atoms with van der Waals surface area (Å²) in [6.07, 6.45) is 0. The molecule has 1 aliphatic heterocycles. The van der Waals surface area contributed by atoms with Crippen LogP contribution in [0.15, 0.2) is 30.3 Å². The van der Waals surface area contributed by atoms with Gasteiger partial charge in [0.05, 0.1) is 39.2 Å². The van der Waals surface area contributed by atoms with E-state index in [0.29, 0.717) is 19.1 Å². The minimum atomic E-state index is -0.731. The minimum absolute atomic E-state index is 0.0228. The Labute approximate surface area is 251 Å². The molecule has 0 saturated carbocycles. The van der Waals surface area contributed by atoms with E-state index in [4.69, 9.17) is 18.2 Å². The number of nitrogens with zero attached hydrogens (tertiary/aromatic N) is 2. The minimum Gasteiger partial charge on any atom is -0.345 e. The van der Waals surface area contributed by atoms with E-state index >= 15 is 0 Å². The van der Waals surface area contributed by atoms with Crippen LogP contribution in [0.25, 0.3) is 51.7 Å². The van der Waals surface area contributed by atoms with Gasteiger partial charge >= 0.3 is 0 Å². The first kappa shape index (κ1) is 26.9. The van der Waals surface area contributed by atoms with Crippen LogP contribution in [-0.4, -0.2) is 22.0 Å². The van der Waals surface area contributed by atoms with E-state index in [2.05, 4.69) is 85.7 Å². The van der Waals surface area contributed by atoms with Crippen molar-refractivity contribution in [1.82, 2.24) is 8.75 Å². The normalized spacial score (nSPS) is 17.7. The number of hydrogen-bond donors (Lipinski definition) is 0. The van der Waals surface area contributed by atoms with Gasteiger partial charge in [0, 0.05) is 41.6 Å².